The molecule has 2 heterocycles. The number of rotatable bonds is 2. The van der Waals surface area contributed by atoms with Crippen LogP contribution in [0, 0.1) is 5.41 Å². The second-order valence-corrected chi connectivity index (χ2v) is 5.11. The maximum atomic E-state index is 6.05. The van der Waals surface area contributed by atoms with Gasteiger partial charge in [-0.1, -0.05) is 19.9 Å². The molecule has 0 spiro atoms. The number of aromatic nitrogens is 4. The Morgan fingerprint density at radius 1 is 1.35 bits per heavy atom. The van der Waals surface area contributed by atoms with Gasteiger partial charge in [0, 0.05) is 18.2 Å². The van der Waals surface area contributed by atoms with Gasteiger partial charge in [-0.2, -0.15) is 5.10 Å². The lowest BCUT2D eigenvalue weighted by Gasteiger charge is -2.04. The SMILES string of the molecule is CC1(C)[C@H](N)[C@H]1c1ccc(-n2cncn2)nc1. The number of nitrogens with two attached hydrogens (primary N) is 1. The standard InChI is InChI=1S/C12H15N5/c1-12(2)10(11(12)13)8-3-4-9(15-5-8)17-7-14-6-16-17/h3-7,10-11H,13H2,1-2H3/t10-,11-/m1/s1. The summed E-state index contributed by atoms with van der Waals surface area (Å²) in [5.74, 6) is 1.19. The molecule has 5 heteroatoms. The Morgan fingerprint density at radius 2 is 2.12 bits per heavy atom. The van der Waals surface area contributed by atoms with Crippen LogP contribution in [0.4, 0.5) is 0 Å². The van der Waals surface area contributed by atoms with Crippen LogP contribution in [0.3, 0.4) is 0 Å². The van der Waals surface area contributed by atoms with E-state index in [0.29, 0.717) is 5.92 Å². The fourth-order valence-corrected chi connectivity index (χ4v) is 2.36. The molecule has 2 N–H and O–H groups in total. The highest BCUT2D eigenvalue weighted by Crippen LogP contribution is 2.57. The molecule has 1 aliphatic carbocycles. The lowest BCUT2D eigenvalue weighted by atomic mass is 10.1. The molecule has 88 valence electrons. The number of pyridine rings is 1. The minimum atomic E-state index is 0.191. The molecule has 17 heavy (non-hydrogen) atoms. The third-order valence-electron chi connectivity index (χ3n) is 3.69. The zero-order valence-corrected chi connectivity index (χ0v) is 9.91. The summed E-state index contributed by atoms with van der Waals surface area (Å²) in [6.07, 6.45) is 5.01. The smallest absolute Gasteiger partial charge is 0.155 e. The Morgan fingerprint density at radius 3 is 2.59 bits per heavy atom. The van der Waals surface area contributed by atoms with Crippen LogP contribution in [0.25, 0.3) is 5.82 Å². The molecule has 1 aliphatic rings. The van der Waals surface area contributed by atoms with Crippen LogP contribution < -0.4 is 5.73 Å². The van der Waals surface area contributed by atoms with E-state index in [-0.39, 0.29) is 11.5 Å². The van der Waals surface area contributed by atoms with E-state index in [2.05, 4.69) is 35.0 Å². The zero-order chi connectivity index (χ0) is 12.0. The monoisotopic (exact) mass is 229 g/mol. The molecule has 0 aromatic carbocycles. The molecular weight excluding hydrogens is 214 g/mol. The molecule has 0 bridgehead atoms. The fraction of sp³-hybridized carbons (Fsp3) is 0.417. The third kappa shape index (κ3) is 1.54. The van der Waals surface area contributed by atoms with Crippen molar-refractivity contribution in [3.8, 4) is 5.82 Å². The molecule has 0 amide bonds. The van der Waals surface area contributed by atoms with Crippen LogP contribution in [0.5, 0.6) is 0 Å². The maximum absolute atomic E-state index is 6.05. The molecule has 0 aliphatic heterocycles. The van der Waals surface area contributed by atoms with Gasteiger partial charge in [0.05, 0.1) is 0 Å². The average Bonchev–Trinajstić information content (AvgIpc) is 2.77. The van der Waals surface area contributed by atoms with Crippen molar-refractivity contribution in [3.05, 3.63) is 36.5 Å². The Hall–Kier alpha value is -1.75. The number of hydrogen-bond acceptors (Lipinski definition) is 4. The van der Waals surface area contributed by atoms with E-state index in [1.807, 2.05) is 12.3 Å². The second-order valence-electron chi connectivity index (χ2n) is 5.11. The molecule has 2 aromatic heterocycles. The van der Waals surface area contributed by atoms with Crippen molar-refractivity contribution in [1.29, 1.82) is 0 Å². The number of hydrogen-bond donors (Lipinski definition) is 1. The molecule has 0 radical (unpaired) electrons. The third-order valence-corrected chi connectivity index (χ3v) is 3.69. The van der Waals surface area contributed by atoms with Crippen molar-refractivity contribution >= 4 is 0 Å². The Bertz CT molecular complexity index is 514. The lowest BCUT2D eigenvalue weighted by Crippen LogP contribution is -2.06. The van der Waals surface area contributed by atoms with Crippen molar-refractivity contribution < 1.29 is 0 Å². The van der Waals surface area contributed by atoms with Crippen molar-refractivity contribution in [3.63, 3.8) is 0 Å². The zero-order valence-electron chi connectivity index (χ0n) is 9.91. The minimum absolute atomic E-state index is 0.191. The summed E-state index contributed by atoms with van der Waals surface area (Å²) in [6, 6.07) is 4.26. The van der Waals surface area contributed by atoms with E-state index in [9.17, 15) is 0 Å². The van der Waals surface area contributed by atoms with Crippen molar-refractivity contribution in [2.45, 2.75) is 25.8 Å². The van der Waals surface area contributed by atoms with Gasteiger partial charge in [-0.15, -0.1) is 0 Å². The summed E-state index contributed by atoms with van der Waals surface area (Å²) in [6.45, 7) is 4.38. The van der Waals surface area contributed by atoms with E-state index in [0.717, 1.165) is 5.82 Å². The molecule has 1 fully saturated rings. The highest BCUT2D eigenvalue weighted by atomic mass is 15.3. The normalized spacial score (nSPS) is 25.8. The lowest BCUT2D eigenvalue weighted by molar-refractivity contribution is 0.598. The van der Waals surface area contributed by atoms with E-state index >= 15 is 0 Å². The Balaban J connectivity index is 1.87. The largest absolute Gasteiger partial charge is 0.327 e. The van der Waals surface area contributed by atoms with Gasteiger partial charge in [0.1, 0.15) is 12.7 Å². The first-order valence-corrected chi connectivity index (χ1v) is 5.67. The summed E-state index contributed by atoms with van der Waals surface area (Å²) in [5.41, 5.74) is 7.44. The molecule has 5 nitrogen and oxygen atoms in total. The first-order valence-electron chi connectivity index (χ1n) is 5.67. The highest BCUT2D eigenvalue weighted by Gasteiger charge is 2.56. The van der Waals surface area contributed by atoms with Gasteiger partial charge in [0.25, 0.3) is 0 Å². The quantitative estimate of drug-likeness (QED) is 0.837. The molecule has 0 unspecified atom stereocenters. The van der Waals surface area contributed by atoms with Crippen LogP contribution in [0.2, 0.25) is 0 Å². The highest BCUT2D eigenvalue weighted by molar-refractivity contribution is 5.35. The van der Waals surface area contributed by atoms with E-state index in [1.54, 1.807) is 11.0 Å². The first-order chi connectivity index (χ1) is 8.10. The van der Waals surface area contributed by atoms with Gasteiger partial charge in [-0.05, 0) is 17.0 Å². The maximum Gasteiger partial charge on any atom is 0.155 e. The average molecular weight is 229 g/mol. The van der Waals surface area contributed by atoms with Gasteiger partial charge in [0.2, 0.25) is 0 Å². The predicted octanol–water partition coefficient (Wildman–Crippen LogP) is 1.11. The minimum Gasteiger partial charge on any atom is -0.327 e. The predicted molar refractivity (Wildman–Crippen MR) is 63.7 cm³/mol. The number of nitrogens with zero attached hydrogens (tertiary/aromatic N) is 4. The summed E-state index contributed by atoms with van der Waals surface area (Å²) >= 11 is 0. The van der Waals surface area contributed by atoms with Crippen LogP contribution in [-0.2, 0) is 0 Å². The molecule has 2 aromatic rings. The van der Waals surface area contributed by atoms with E-state index in [4.69, 9.17) is 5.73 Å². The first kappa shape index (κ1) is 10.4. The van der Waals surface area contributed by atoms with Crippen molar-refractivity contribution in [2.75, 3.05) is 0 Å². The fourth-order valence-electron chi connectivity index (χ4n) is 2.36. The van der Waals surface area contributed by atoms with Crippen LogP contribution in [-0.4, -0.2) is 25.8 Å². The molecule has 0 saturated heterocycles. The Kier molecular flexibility index (Phi) is 2.06. The van der Waals surface area contributed by atoms with Crippen LogP contribution in [0.15, 0.2) is 31.0 Å². The topological polar surface area (TPSA) is 69.6 Å². The van der Waals surface area contributed by atoms with Gasteiger partial charge in [-0.3, -0.25) is 0 Å². The molecule has 1 saturated carbocycles. The van der Waals surface area contributed by atoms with Gasteiger partial charge < -0.3 is 5.73 Å². The summed E-state index contributed by atoms with van der Waals surface area (Å²) in [4.78, 5) is 8.28. The second kappa shape index (κ2) is 3.37. The Labute approximate surface area is 99.7 Å². The van der Waals surface area contributed by atoms with Crippen LogP contribution >= 0.6 is 0 Å². The molecule has 3 rings (SSSR count). The van der Waals surface area contributed by atoms with Crippen LogP contribution in [0.1, 0.15) is 25.3 Å². The van der Waals surface area contributed by atoms with E-state index < -0.39 is 0 Å². The molecule has 2 atom stereocenters. The molecular formula is C12H15N5. The van der Waals surface area contributed by atoms with Gasteiger partial charge >= 0.3 is 0 Å². The van der Waals surface area contributed by atoms with Crippen molar-refractivity contribution in [2.24, 2.45) is 11.1 Å². The van der Waals surface area contributed by atoms with Crippen molar-refractivity contribution in [1.82, 2.24) is 19.7 Å². The van der Waals surface area contributed by atoms with Gasteiger partial charge in [0.15, 0.2) is 5.82 Å². The van der Waals surface area contributed by atoms with Gasteiger partial charge in [-0.25, -0.2) is 14.6 Å². The summed E-state index contributed by atoms with van der Waals surface area (Å²) in [5, 5.41) is 4.04. The summed E-state index contributed by atoms with van der Waals surface area (Å²) in [7, 11) is 0. The summed E-state index contributed by atoms with van der Waals surface area (Å²) < 4.78 is 1.64. The van der Waals surface area contributed by atoms with E-state index in [1.165, 1.54) is 11.9 Å².